The molecule has 0 aromatic heterocycles. The SMILES string of the molecule is COc1ccc(P(O)(O)(O)c2cccc3ccccc23)c(-c2ccccc2C(C)(C)C)c1. The summed E-state index contributed by atoms with van der Waals surface area (Å²) in [5.74, 6) is 0.567. The molecule has 0 fully saturated rings. The fraction of sp³-hybridized carbons (Fsp3) is 0.185. The predicted molar refractivity (Wildman–Crippen MR) is 134 cm³/mol. The zero-order chi connectivity index (χ0) is 23.2. The normalized spacial score (nSPS) is 13.5. The maximum atomic E-state index is 11.7. The van der Waals surface area contributed by atoms with Gasteiger partial charge in [0.25, 0.3) is 0 Å². The average Bonchev–Trinajstić information content (AvgIpc) is 2.77. The minimum atomic E-state index is -5.52. The van der Waals surface area contributed by atoms with Gasteiger partial charge in [0.2, 0.25) is 0 Å². The van der Waals surface area contributed by atoms with Gasteiger partial charge in [-0.3, -0.25) is 0 Å². The van der Waals surface area contributed by atoms with Crippen LogP contribution in [0.25, 0.3) is 21.9 Å². The van der Waals surface area contributed by atoms with Crippen LogP contribution in [0.4, 0.5) is 0 Å². The van der Waals surface area contributed by atoms with Gasteiger partial charge in [-0.1, -0.05) is 0 Å². The molecule has 0 spiro atoms. The molecule has 0 aliphatic rings. The van der Waals surface area contributed by atoms with E-state index < -0.39 is 7.28 Å². The van der Waals surface area contributed by atoms with E-state index in [4.69, 9.17) is 4.74 Å². The summed E-state index contributed by atoms with van der Waals surface area (Å²) in [5.41, 5.74) is 2.18. The van der Waals surface area contributed by atoms with Crippen molar-refractivity contribution in [3.63, 3.8) is 0 Å². The van der Waals surface area contributed by atoms with E-state index >= 15 is 0 Å². The van der Waals surface area contributed by atoms with Gasteiger partial charge in [-0.15, -0.1) is 0 Å². The van der Waals surface area contributed by atoms with Crippen LogP contribution < -0.4 is 15.3 Å². The fourth-order valence-corrected chi connectivity index (χ4v) is 6.53. The molecule has 4 rings (SSSR count). The van der Waals surface area contributed by atoms with E-state index in [2.05, 4.69) is 20.8 Å². The number of hydrogen-bond acceptors (Lipinski definition) is 4. The van der Waals surface area contributed by atoms with E-state index in [9.17, 15) is 14.7 Å². The van der Waals surface area contributed by atoms with Gasteiger partial charge in [-0.2, -0.15) is 0 Å². The summed E-state index contributed by atoms with van der Waals surface area (Å²) in [6.07, 6.45) is 0. The Hall–Kier alpha value is -2.75. The molecule has 0 aliphatic heterocycles. The van der Waals surface area contributed by atoms with Gasteiger partial charge in [0.15, 0.2) is 0 Å². The molecule has 0 saturated carbocycles. The Bertz CT molecular complexity index is 1290. The summed E-state index contributed by atoms with van der Waals surface area (Å²) in [6, 6.07) is 25.4. The van der Waals surface area contributed by atoms with Crippen molar-refractivity contribution >= 4 is 28.7 Å². The monoisotopic (exact) mass is 448 g/mol. The van der Waals surface area contributed by atoms with Crippen LogP contribution in [0.3, 0.4) is 0 Å². The molecule has 5 heteroatoms. The fourth-order valence-electron chi connectivity index (χ4n) is 4.29. The number of rotatable bonds is 4. The first kappa shape index (κ1) is 22.4. The molecule has 0 amide bonds. The Morgan fingerprint density at radius 1 is 0.688 bits per heavy atom. The van der Waals surface area contributed by atoms with Crippen molar-refractivity contribution in [3.8, 4) is 16.9 Å². The van der Waals surface area contributed by atoms with Crippen molar-refractivity contribution in [2.24, 2.45) is 0 Å². The Morgan fingerprint density at radius 2 is 1.34 bits per heavy atom. The second-order valence-electron chi connectivity index (χ2n) is 9.16. The first-order valence-corrected chi connectivity index (χ1v) is 12.6. The number of ether oxygens (including phenoxy) is 1. The molecule has 4 nitrogen and oxygen atoms in total. The molecule has 0 aliphatic carbocycles. The molecular weight excluding hydrogens is 419 g/mol. The van der Waals surface area contributed by atoms with Gasteiger partial charge >= 0.3 is 189 Å². The van der Waals surface area contributed by atoms with Crippen molar-refractivity contribution in [1.29, 1.82) is 0 Å². The summed E-state index contributed by atoms with van der Waals surface area (Å²) in [7, 11) is -3.96. The minimum absolute atomic E-state index is 0.0878. The van der Waals surface area contributed by atoms with Crippen molar-refractivity contribution in [2.45, 2.75) is 26.2 Å². The molecule has 166 valence electrons. The standard InChI is InChI=1S/C27H29O4P/c1-27(2,3)24-14-8-7-13-22(24)23-18-20(31-4)16-17-26(23)32(28,29,30)25-15-9-11-19-10-5-6-12-21(19)25/h5-18,28-30H,1-4H3. The van der Waals surface area contributed by atoms with Crippen LogP contribution >= 0.6 is 7.28 Å². The maximum absolute atomic E-state index is 11.7. The van der Waals surface area contributed by atoms with Crippen LogP contribution in [-0.2, 0) is 5.41 Å². The Balaban J connectivity index is 2.08. The van der Waals surface area contributed by atoms with Gasteiger partial charge in [-0.25, -0.2) is 0 Å². The second-order valence-corrected chi connectivity index (χ2v) is 12.1. The first-order chi connectivity index (χ1) is 15.0. The predicted octanol–water partition coefficient (Wildman–Crippen LogP) is 5.04. The third-order valence-electron chi connectivity index (χ3n) is 5.88. The topological polar surface area (TPSA) is 69.9 Å². The van der Waals surface area contributed by atoms with E-state index in [-0.39, 0.29) is 16.0 Å². The van der Waals surface area contributed by atoms with Crippen LogP contribution in [0.1, 0.15) is 26.3 Å². The molecule has 3 N–H and O–H groups in total. The zero-order valence-corrected chi connectivity index (χ0v) is 19.7. The Morgan fingerprint density at radius 3 is 2.06 bits per heavy atom. The molecule has 0 atom stereocenters. The van der Waals surface area contributed by atoms with Crippen molar-refractivity contribution in [2.75, 3.05) is 7.11 Å². The summed E-state index contributed by atoms with van der Waals surface area (Å²) in [4.78, 5) is 35.2. The van der Waals surface area contributed by atoms with E-state index in [1.165, 1.54) is 0 Å². The first-order valence-electron chi connectivity index (χ1n) is 10.5. The van der Waals surface area contributed by atoms with Gasteiger partial charge in [-0.05, 0) is 0 Å². The van der Waals surface area contributed by atoms with Crippen molar-refractivity contribution < 1.29 is 19.4 Å². The number of hydrogen-bond donors (Lipinski definition) is 3. The summed E-state index contributed by atoms with van der Waals surface area (Å²) >= 11 is 0. The van der Waals surface area contributed by atoms with Crippen LogP contribution in [-0.4, -0.2) is 21.8 Å². The molecule has 32 heavy (non-hydrogen) atoms. The third kappa shape index (κ3) is 3.80. The average molecular weight is 448 g/mol. The van der Waals surface area contributed by atoms with Crippen molar-refractivity contribution in [3.05, 3.63) is 90.5 Å². The Labute approximate surface area is 188 Å². The molecular formula is C27H29O4P. The van der Waals surface area contributed by atoms with E-state index in [1.54, 1.807) is 43.5 Å². The van der Waals surface area contributed by atoms with E-state index in [0.717, 1.165) is 16.5 Å². The summed E-state index contributed by atoms with van der Waals surface area (Å²) in [5, 5.41) is 1.63. The summed E-state index contributed by atoms with van der Waals surface area (Å²) in [6.45, 7) is 6.31. The van der Waals surface area contributed by atoms with Crippen LogP contribution in [0.2, 0.25) is 0 Å². The van der Waals surface area contributed by atoms with Gasteiger partial charge in [0.05, 0.1) is 0 Å². The van der Waals surface area contributed by atoms with Crippen LogP contribution in [0, 0.1) is 0 Å². The third-order valence-corrected chi connectivity index (χ3v) is 8.44. The van der Waals surface area contributed by atoms with Gasteiger partial charge in [0, 0.05) is 0 Å². The molecule has 0 unspecified atom stereocenters. The molecule has 0 heterocycles. The van der Waals surface area contributed by atoms with Crippen molar-refractivity contribution in [1.82, 2.24) is 0 Å². The molecule has 0 radical (unpaired) electrons. The summed E-state index contributed by atoms with van der Waals surface area (Å²) < 4.78 is 5.45. The zero-order valence-electron chi connectivity index (χ0n) is 18.8. The van der Waals surface area contributed by atoms with E-state index in [1.807, 2.05) is 48.5 Å². The molecule has 4 aromatic carbocycles. The molecule has 0 saturated heterocycles. The van der Waals surface area contributed by atoms with Gasteiger partial charge < -0.3 is 0 Å². The van der Waals surface area contributed by atoms with Crippen LogP contribution in [0.15, 0.2) is 84.9 Å². The molecule has 4 aromatic rings. The quantitative estimate of drug-likeness (QED) is 0.383. The second kappa shape index (κ2) is 7.68. The Kier molecular flexibility index (Phi) is 5.39. The number of fused-ring (bicyclic) bond motifs is 1. The van der Waals surface area contributed by atoms with Crippen LogP contribution in [0.5, 0.6) is 5.75 Å². The van der Waals surface area contributed by atoms with Gasteiger partial charge in [0.1, 0.15) is 0 Å². The molecule has 0 bridgehead atoms. The van der Waals surface area contributed by atoms with E-state index in [0.29, 0.717) is 16.7 Å². The number of benzene rings is 4. The number of methoxy groups -OCH3 is 1.